The summed E-state index contributed by atoms with van der Waals surface area (Å²) in [4.78, 5) is 14.1. The summed E-state index contributed by atoms with van der Waals surface area (Å²) in [6, 6.07) is 5.19. The number of aromatic amines is 1. The van der Waals surface area contributed by atoms with E-state index in [-0.39, 0.29) is 5.75 Å². The fraction of sp³-hybridized carbons (Fsp3) is 0.0769. The van der Waals surface area contributed by atoms with E-state index >= 15 is 0 Å². The molecule has 0 bridgehead atoms. The number of phenols is 1. The van der Waals surface area contributed by atoms with Crippen molar-refractivity contribution in [1.29, 1.82) is 0 Å². The van der Waals surface area contributed by atoms with Crippen LogP contribution in [0.3, 0.4) is 0 Å². The van der Waals surface area contributed by atoms with Gasteiger partial charge in [-0.05, 0) is 19.1 Å². The van der Waals surface area contributed by atoms with E-state index in [4.69, 9.17) is 4.52 Å². The third kappa shape index (κ3) is 1.34. The van der Waals surface area contributed by atoms with Gasteiger partial charge in [0.15, 0.2) is 12.0 Å². The van der Waals surface area contributed by atoms with E-state index in [1.54, 1.807) is 12.1 Å². The van der Waals surface area contributed by atoms with Crippen LogP contribution >= 0.6 is 0 Å². The second-order valence-electron chi connectivity index (χ2n) is 4.05. The van der Waals surface area contributed by atoms with Crippen LogP contribution in [0.15, 0.2) is 28.9 Å². The zero-order valence-electron chi connectivity index (χ0n) is 9.60. The zero-order valence-corrected chi connectivity index (χ0v) is 9.60. The summed E-state index contributed by atoms with van der Waals surface area (Å²) in [5.74, 6) is 0.510. The van der Waals surface area contributed by atoms with Gasteiger partial charge in [0.1, 0.15) is 5.75 Å². The first-order valence-electron chi connectivity index (χ1n) is 5.43. The van der Waals surface area contributed by atoms with Crippen molar-refractivity contribution in [1.82, 2.24) is 10.1 Å². The van der Waals surface area contributed by atoms with Crippen molar-refractivity contribution in [3.8, 4) is 17.1 Å². The normalized spacial score (nSPS) is 10.9. The lowest BCUT2D eigenvalue weighted by atomic mass is 10.1. The molecule has 0 aliphatic carbocycles. The minimum absolute atomic E-state index is 0.139. The Kier molecular flexibility index (Phi) is 2.19. The lowest BCUT2D eigenvalue weighted by Crippen LogP contribution is -1.83. The summed E-state index contributed by atoms with van der Waals surface area (Å²) in [6.07, 6.45) is 2.05. The van der Waals surface area contributed by atoms with Crippen LogP contribution in [-0.2, 0) is 0 Å². The van der Waals surface area contributed by atoms with Crippen molar-refractivity contribution in [2.45, 2.75) is 6.92 Å². The largest absolute Gasteiger partial charge is 0.507 e. The van der Waals surface area contributed by atoms with E-state index in [1.165, 1.54) is 6.20 Å². The van der Waals surface area contributed by atoms with Crippen LogP contribution < -0.4 is 0 Å². The SMILES string of the molecule is Cc1[nH]c2cccc(O)c2c1-c1oncc1C=O. The molecule has 5 heteroatoms. The standard InChI is InChI=1S/C13H10N2O3/c1-7-11(13-8(6-16)5-14-18-13)12-9(15-7)3-2-4-10(12)17/h2-6,15,17H,1H3. The van der Waals surface area contributed by atoms with E-state index < -0.39 is 0 Å². The molecule has 1 aromatic carbocycles. The number of hydrogen-bond donors (Lipinski definition) is 2. The van der Waals surface area contributed by atoms with Gasteiger partial charge < -0.3 is 14.6 Å². The van der Waals surface area contributed by atoms with E-state index in [1.807, 2.05) is 13.0 Å². The molecule has 0 saturated carbocycles. The fourth-order valence-electron chi connectivity index (χ4n) is 2.16. The number of carbonyl (C=O) groups excluding carboxylic acids is 1. The molecule has 0 unspecified atom stereocenters. The van der Waals surface area contributed by atoms with Gasteiger partial charge in [0.05, 0.1) is 28.2 Å². The molecule has 0 fully saturated rings. The first-order chi connectivity index (χ1) is 8.72. The Morgan fingerprint density at radius 1 is 1.44 bits per heavy atom. The second-order valence-corrected chi connectivity index (χ2v) is 4.05. The van der Waals surface area contributed by atoms with E-state index in [9.17, 15) is 9.90 Å². The summed E-state index contributed by atoms with van der Waals surface area (Å²) < 4.78 is 5.13. The van der Waals surface area contributed by atoms with Crippen LogP contribution in [0.25, 0.3) is 22.2 Å². The molecule has 0 saturated heterocycles. The lowest BCUT2D eigenvalue weighted by molar-refractivity contribution is 0.112. The van der Waals surface area contributed by atoms with E-state index in [0.29, 0.717) is 28.6 Å². The third-order valence-corrected chi connectivity index (χ3v) is 2.94. The maximum Gasteiger partial charge on any atom is 0.179 e. The number of aldehydes is 1. The molecular weight excluding hydrogens is 232 g/mol. The van der Waals surface area contributed by atoms with Gasteiger partial charge in [0.25, 0.3) is 0 Å². The number of carbonyl (C=O) groups is 1. The van der Waals surface area contributed by atoms with Crippen molar-refractivity contribution in [2.75, 3.05) is 0 Å². The summed E-state index contributed by atoms with van der Waals surface area (Å²) in [5, 5.41) is 14.2. The number of benzene rings is 1. The molecule has 0 aliphatic rings. The van der Waals surface area contributed by atoms with Gasteiger partial charge >= 0.3 is 0 Å². The number of nitrogens with zero attached hydrogens (tertiary/aromatic N) is 1. The van der Waals surface area contributed by atoms with Gasteiger partial charge in [0, 0.05) is 5.69 Å². The highest BCUT2D eigenvalue weighted by molar-refractivity contribution is 6.03. The average molecular weight is 242 g/mol. The third-order valence-electron chi connectivity index (χ3n) is 2.94. The van der Waals surface area contributed by atoms with Gasteiger partial charge in [-0.2, -0.15) is 0 Å². The molecule has 0 radical (unpaired) electrons. The van der Waals surface area contributed by atoms with Crippen molar-refractivity contribution >= 4 is 17.2 Å². The summed E-state index contributed by atoms with van der Waals surface area (Å²) in [6.45, 7) is 1.85. The zero-order chi connectivity index (χ0) is 12.7. The molecule has 0 amide bonds. The maximum absolute atomic E-state index is 10.9. The molecule has 90 valence electrons. The highest BCUT2D eigenvalue weighted by atomic mass is 16.5. The molecular formula is C13H10N2O3. The molecule has 3 rings (SSSR count). The number of nitrogens with one attached hydrogen (secondary N) is 1. The van der Waals surface area contributed by atoms with Gasteiger partial charge in [-0.3, -0.25) is 4.79 Å². The first-order valence-corrected chi connectivity index (χ1v) is 5.43. The predicted molar refractivity (Wildman–Crippen MR) is 65.6 cm³/mol. The number of hydrogen-bond acceptors (Lipinski definition) is 4. The van der Waals surface area contributed by atoms with E-state index in [2.05, 4.69) is 10.1 Å². The van der Waals surface area contributed by atoms with Crippen molar-refractivity contribution in [3.05, 3.63) is 35.7 Å². The maximum atomic E-state index is 10.9. The van der Waals surface area contributed by atoms with E-state index in [0.717, 1.165) is 11.2 Å². The van der Waals surface area contributed by atoms with Crippen LogP contribution in [0.1, 0.15) is 16.1 Å². The van der Waals surface area contributed by atoms with Crippen LogP contribution in [0.5, 0.6) is 5.75 Å². The molecule has 0 atom stereocenters. The predicted octanol–water partition coefficient (Wildman–Crippen LogP) is 2.65. The van der Waals surface area contributed by atoms with Gasteiger partial charge in [-0.15, -0.1) is 0 Å². The number of aromatic hydroxyl groups is 1. The summed E-state index contributed by atoms with van der Waals surface area (Å²) in [7, 11) is 0. The summed E-state index contributed by atoms with van der Waals surface area (Å²) in [5.41, 5.74) is 2.63. The Hall–Kier alpha value is -2.56. The monoisotopic (exact) mass is 242 g/mol. The highest BCUT2D eigenvalue weighted by Gasteiger charge is 2.19. The first kappa shape index (κ1) is 10.6. The van der Waals surface area contributed by atoms with Crippen molar-refractivity contribution < 1.29 is 14.4 Å². The Balaban J connectivity index is 2.42. The molecule has 0 spiro atoms. The number of fused-ring (bicyclic) bond motifs is 1. The van der Waals surface area contributed by atoms with Crippen molar-refractivity contribution in [2.24, 2.45) is 0 Å². The lowest BCUT2D eigenvalue weighted by Gasteiger charge is -1.99. The number of rotatable bonds is 2. The topological polar surface area (TPSA) is 79.1 Å². The quantitative estimate of drug-likeness (QED) is 0.677. The fourth-order valence-corrected chi connectivity index (χ4v) is 2.16. The molecule has 3 aromatic rings. The van der Waals surface area contributed by atoms with Gasteiger partial charge in [0.2, 0.25) is 0 Å². The Morgan fingerprint density at radius 2 is 2.28 bits per heavy atom. The number of H-pyrrole nitrogens is 1. The molecule has 5 nitrogen and oxygen atoms in total. The van der Waals surface area contributed by atoms with Gasteiger partial charge in [-0.1, -0.05) is 11.2 Å². The average Bonchev–Trinajstić information content (AvgIpc) is 2.92. The van der Waals surface area contributed by atoms with Crippen molar-refractivity contribution in [3.63, 3.8) is 0 Å². The molecule has 2 aromatic heterocycles. The van der Waals surface area contributed by atoms with Crippen LogP contribution in [0.4, 0.5) is 0 Å². The minimum Gasteiger partial charge on any atom is -0.507 e. The number of phenolic OH excluding ortho intramolecular Hbond substituents is 1. The van der Waals surface area contributed by atoms with Gasteiger partial charge in [-0.25, -0.2) is 0 Å². The minimum atomic E-state index is 0.139. The van der Waals surface area contributed by atoms with Crippen LogP contribution in [0, 0.1) is 6.92 Å². The summed E-state index contributed by atoms with van der Waals surface area (Å²) >= 11 is 0. The molecule has 2 N–H and O–H groups in total. The Morgan fingerprint density at radius 3 is 3.06 bits per heavy atom. The molecule has 18 heavy (non-hydrogen) atoms. The van der Waals surface area contributed by atoms with Crippen LogP contribution in [-0.4, -0.2) is 21.5 Å². The Bertz CT molecular complexity index is 740. The van der Waals surface area contributed by atoms with Crippen LogP contribution in [0.2, 0.25) is 0 Å². The smallest absolute Gasteiger partial charge is 0.179 e. The number of aryl methyl sites for hydroxylation is 1. The second kappa shape index (κ2) is 3.73. The number of aromatic nitrogens is 2. The molecule has 0 aliphatic heterocycles. The molecule has 2 heterocycles. The Labute approximate surface area is 102 Å². The highest BCUT2D eigenvalue weighted by Crippen LogP contribution is 2.38.